The minimum atomic E-state index is -0.162. The minimum Gasteiger partial charge on any atom is -0.289 e. The molecule has 2 nitrogen and oxygen atoms in total. The number of halogens is 1. The lowest BCUT2D eigenvalue weighted by molar-refractivity contribution is 0.0964. The Bertz CT molecular complexity index is 856. The second-order valence-corrected chi connectivity index (χ2v) is 7.28. The topological polar surface area (TPSA) is 34.1 Å². The number of carbonyl (C=O) groups excluding carboxylic acids is 2. The molecule has 2 aliphatic rings. The third-order valence-electron chi connectivity index (χ3n) is 5.39. The molecular weight excluding hydrogens is 332 g/mol. The van der Waals surface area contributed by atoms with Gasteiger partial charge in [0, 0.05) is 27.8 Å². The zero-order chi connectivity index (χ0) is 17.4. The summed E-state index contributed by atoms with van der Waals surface area (Å²) in [6.07, 6.45) is 6.72. The lowest BCUT2D eigenvalue weighted by Crippen LogP contribution is -2.25. The van der Waals surface area contributed by atoms with Crippen LogP contribution in [0.2, 0.25) is 5.02 Å². The molecule has 1 radical (unpaired) electrons. The van der Waals surface area contributed by atoms with E-state index in [1.165, 1.54) is 5.56 Å². The Balaban J connectivity index is 1.50. The van der Waals surface area contributed by atoms with Crippen LogP contribution in [-0.2, 0) is 0 Å². The lowest BCUT2D eigenvalue weighted by Gasteiger charge is -2.31. The van der Waals surface area contributed by atoms with Gasteiger partial charge in [-0.05, 0) is 55.2 Å². The first-order valence-corrected chi connectivity index (χ1v) is 9.08. The molecule has 2 aromatic carbocycles. The molecule has 2 aliphatic carbocycles. The van der Waals surface area contributed by atoms with Crippen molar-refractivity contribution in [2.75, 3.05) is 0 Å². The Labute approximate surface area is 152 Å². The van der Waals surface area contributed by atoms with Crippen LogP contribution in [0.3, 0.4) is 0 Å². The summed E-state index contributed by atoms with van der Waals surface area (Å²) in [7, 11) is 0. The maximum absolute atomic E-state index is 12.8. The first-order valence-electron chi connectivity index (χ1n) is 8.71. The molecule has 25 heavy (non-hydrogen) atoms. The molecule has 0 N–H and O–H groups in total. The fourth-order valence-electron chi connectivity index (χ4n) is 4.01. The number of carbonyl (C=O) groups is 2. The van der Waals surface area contributed by atoms with E-state index in [1.54, 1.807) is 18.2 Å². The van der Waals surface area contributed by atoms with Gasteiger partial charge in [0.15, 0.2) is 11.6 Å². The van der Waals surface area contributed by atoms with Gasteiger partial charge in [0.1, 0.15) is 0 Å². The average molecular weight is 350 g/mol. The molecule has 0 unspecified atom stereocenters. The quantitative estimate of drug-likeness (QED) is 0.725. The molecular formula is C22H18ClO2. The van der Waals surface area contributed by atoms with Crippen molar-refractivity contribution in [1.82, 2.24) is 0 Å². The van der Waals surface area contributed by atoms with Crippen LogP contribution >= 0.6 is 11.6 Å². The summed E-state index contributed by atoms with van der Waals surface area (Å²) in [4.78, 5) is 25.1. The van der Waals surface area contributed by atoms with Gasteiger partial charge in [-0.2, -0.15) is 0 Å². The van der Waals surface area contributed by atoms with Crippen LogP contribution in [-0.4, -0.2) is 11.6 Å². The number of ketones is 2. The highest BCUT2D eigenvalue weighted by Crippen LogP contribution is 2.40. The van der Waals surface area contributed by atoms with Gasteiger partial charge in [0.25, 0.3) is 0 Å². The normalized spacial score (nSPS) is 23.2. The molecule has 0 bridgehead atoms. The molecule has 125 valence electrons. The van der Waals surface area contributed by atoms with Crippen molar-refractivity contribution in [3.05, 3.63) is 81.9 Å². The number of rotatable bonds is 2. The van der Waals surface area contributed by atoms with Crippen LogP contribution in [0.15, 0.2) is 54.1 Å². The molecule has 0 spiro atoms. The summed E-state index contributed by atoms with van der Waals surface area (Å²) >= 11 is 5.97. The second kappa shape index (κ2) is 6.61. The van der Waals surface area contributed by atoms with Crippen LogP contribution in [0.4, 0.5) is 0 Å². The Morgan fingerprint density at radius 3 is 2.08 bits per heavy atom. The van der Waals surface area contributed by atoms with Gasteiger partial charge in [-0.3, -0.25) is 9.59 Å². The van der Waals surface area contributed by atoms with Crippen LogP contribution in [0.5, 0.6) is 0 Å². The largest absolute Gasteiger partial charge is 0.289 e. The van der Waals surface area contributed by atoms with E-state index >= 15 is 0 Å². The van der Waals surface area contributed by atoms with Crippen LogP contribution in [0, 0.1) is 12.0 Å². The third-order valence-corrected chi connectivity index (χ3v) is 5.64. The highest BCUT2D eigenvalue weighted by Gasteiger charge is 2.33. The number of allylic oxidation sites excluding steroid dienone is 2. The Morgan fingerprint density at radius 1 is 0.800 bits per heavy atom. The minimum absolute atomic E-state index is 0.0230. The van der Waals surface area contributed by atoms with E-state index < -0.39 is 0 Å². The van der Waals surface area contributed by atoms with E-state index in [-0.39, 0.29) is 17.5 Å². The van der Waals surface area contributed by atoms with Gasteiger partial charge < -0.3 is 0 Å². The van der Waals surface area contributed by atoms with E-state index in [2.05, 4.69) is 18.2 Å². The monoisotopic (exact) mass is 349 g/mol. The predicted octanol–water partition coefficient (Wildman–Crippen LogP) is 5.42. The first-order chi connectivity index (χ1) is 12.1. The molecule has 0 aromatic heterocycles. The molecule has 1 fully saturated rings. The average Bonchev–Trinajstić information content (AvgIpc) is 2.66. The van der Waals surface area contributed by atoms with Gasteiger partial charge in [0.05, 0.1) is 0 Å². The molecule has 3 heteroatoms. The van der Waals surface area contributed by atoms with E-state index in [1.807, 2.05) is 18.2 Å². The maximum Gasteiger partial charge on any atom is 0.194 e. The summed E-state index contributed by atoms with van der Waals surface area (Å²) < 4.78 is 0. The number of hydrogen-bond acceptors (Lipinski definition) is 2. The molecule has 0 heterocycles. The number of benzene rings is 2. The van der Waals surface area contributed by atoms with E-state index in [9.17, 15) is 9.59 Å². The molecule has 1 saturated carbocycles. The molecule has 0 saturated heterocycles. The van der Waals surface area contributed by atoms with Gasteiger partial charge in [0.2, 0.25) is 0 Å². The smallest absolute Gasteiger partial charge is 0.194 e. The summed E-state index contributed by atoms with van der Waals surface area (Å²) in [5, 5.41) is 0.752. The highest BCUT2D eigenvalue weighted by atomic mass is 35.5. The predicted molar refractivity (Wildman–Crippen MR) is 98.0 cm³/mol. The zero-order valence-electron chi connectivity index (χ0n) is 13.8. The number of hydrogen-bond donors (Lipinski definition) is 0. The second-order valence-electron chi connectivity index (χ2n) is 6.84. The van der Waals surface area contributed by atoms with E-state index in [0.717, 1.165) is 30.7 Å². The first kappa shape index (κ1) is 16.3. The standard InChI is InChI=1S/C22H18ClO2/c23-17-11-9-15(10-12-17)14-5-7-16(8-6-14)20-13-21(24)18-3-1-2-4-19(18)22(20)25/h1-4,9-12,14,16H,5-8H2/t14-,16-. The number of Topliss-reactive ketones (excluding diaryl/α,β-unsaturated/α-hetero) is 2. The van der Waals surface area contributed by atoms with Crippen molar-refractivity contribution >= 4 is 23.2 Å². The summed E-state index contributed by atoms with van der Waals surface area (Å²) in [5.74, 6) is 0.444. The van der Waals surface area contributed by atoms with Crippen molar-refractivity contribution in [3.8, 4) is 0 Å². The molecule has 0 aliphatic heterocycles. The Kier molecular flexibility index (Phi) is 4.30. The van der Waals surface area contributed by atoms with Gasteiger partial charge in [-0.25, -0.2) is 0 Å². The molecule has 4 rings (SSSR count). The van der Waals surface area contributed by atoms with Crippen molar-refractivity contribution in [2.24, 2.45) is 5.92 Å². The maximum atomic E-state index is 12.8. The third kappa shape index (κ3) is 3.07. The zero-order valence-corrected chi connectivity index (χ0v) is 14.6. The Hall–Kier alpha value is -2.19. The van der Waals surface area contributed by atoms with Crippen LogP contribution in [0.1, 0.15) is 57.9 Å². The van der Waals surface area contributed by atoms with Crippen LogP contribution < -0.4 is 0 Å². The van der Waals surface area contributed by atoms with Crippen molar-refractivity contribution in [1.29, 1.82) is 0 Å². The summed E-state index contributed by atoms with van der Waals surface area (Å²) in [6.45, 7) is 0. The molecule has 0 atom stereocenters. The van der Waals surface area contributed by atoms with Crippen LogP contribution in [0.25, 0.3) is 0 Å². The van der Waals surface area contributed by atoms with Gasteiger partial charge >= 0.3 is 0 Å². The van der Waals surface area contributed by atoms with Crippen molar-refractivity contribution < 1.29 is 9.59 Å². The van der Waals surface area contributed by atoms with E-state index in [4.69, 9.17) is 11.6 Å². The van der Waals surface area contributed by atoms with Gasteiger partial charge in [-0.15, -0.1) is 0 Å². The summed E-state index contributed by atoms with van der Waals surface area (Å²) in [6, 6.07) is 15.1. The fourth-order valence-corrected chi connectivity index (χ4v) is 4.13. The van der Waals surface area contributed by atoms with Crippen molar-refractivity contribution in [3.63, 3.8) is 0 Å². The highest BCUT2D eigenvalue weighted by molar-refractivity contribution is 6.30. The Morgan fingerprint density at radius 2 is 1.40 bits per heavy atom. The molecule has 2 aromatic rings. The summed E-state index contributed by atoms with van der Waals surface area (Å²) in [5.41, 5.74) is 2.89. The fraction of sp³-hybridized carbons (Fsp3) is 0.273. The van der Waals surface area contributed by atoms with Crippen molar-refractivity contribution in [2.45, 2.75) is 31.6 Å². The SMILES string of the molecule is O=C1[C]=C([C@H]2CC[C@H](c3ccc(Cl)cc3)CC2)C(=O)c2ccccc21. The molecule has 0 amide bonds. The van der Waals surface area contributed by atoms with Gasteiger partial charge in [-0.1, -0.05) is 48.0 Å². The lowest BCUT2D eigenvalue weighted by atomic mass is 9.72. The number of fused-ring (bicyclic) bond motifs is 1. The van der Waals surface area contributed by atoms with E-state index in [0.29, 0.717) is 22.6 Å².